The molecule has 0 radical (unpaired) electrons. The molecule has 0 saturated heterocycles. The Morgan fingerprint density at radius 2 is 2.12 bits per heavy atom. The molecule has 0 heterocycles. The van der Waals surface area contributed by atoms with E-state index in [1.165, 1.54) is 5.56 Å². The lowest BCUT2D eigenvalue weighted by Crippen LogP contribution is -2.07. The monoisotopic (exact) mass is 219 g/mol. The maximum absolute atomic E-state index is 11.5. The van der Waals surface area contributed by atoms with Crippen molar-refractivity contribution in [1.29, 1.82) is 0 Å². The molecule has 1 fully saturated rings. The summed E-state index contributed by atoms with van der Waals surface area (Å²) in [6.07, 6.45) is 0.928. The summed E-state index contributed by atoms with van der Waals surface area (Å²) in [7, 11) is 1.90. The number of nitrogens with one attached hydrogen (secondary N) is 1. The molecule has 2 unspecified atom stereocenters. The molecule has 1 saturated carbocycles. The summed E-state index contributed by atoms with van der Waals surface area (Å²) >= 11 is 0. The number of esters is 1. The Hall–Kier alpha value is -1.51. The van der Waals surface area contributed by atoms with Gasteiger partial charge in [-0.2, -0.15) is 0 Å². The van der Waals surface area contributed by atoms with E-state index in [-0.39, 0.29) is 11.9 Å². The predicted octanol–water partition coefficient (Wildman–Crippen LogP) is 2.39. The van der Waals surface area contributed by atoms with E-state index >= 15 is 0 Å². The van der Waals surface area contributed by atoms with Crippen LogP contribution in [0.3, 0.4) is 0 Å². The summed E-state index contributed by atoms with van der Waals surface area (Å²) in [5, 5.41) is 3.08. The first-order chi connectivity index (χ1) is 7.76. The van der Waals surface area contributed by atoms with Crippen LogP contribution in [-0.4, -0.2) is 19.6 Å². The van der Waals surface area contributed by atoms with E-state index in [1.807, 2.05) is 26.1 Å². The van der Waals surface area contributed by atoms with Gasteiger partial charge in [0.2, 0.25) is 0 Å². The number of carbonyl (C=O) groups is 1. The van der Waals surface area contributed by atoms with E-state index in [0.29, 0.717) is 12.5 Å². The highest BCUT2D eigenvalue weighted by Gasteiger charge is 2.44. The summed E-state index contributed by atoms with van der Waals surface area (Å²) < 4.78 is 5.01. The molecule has 0 amide bonds. The molecule has 1 aromatic rings. The van der Waals surface area contributed by atoms with Crippen molar-refractivity contribution in [2.24, 2.45) is 5.92 Å². The zero-order valence-electron chi connectivity index (χ0n) is 9.69. The van der Waals surface area contributed by atoms with Gasteiger partial charge in [0, 0.05) is 12.7 Å². The summed E-state index contributed by atoms with van der Waals surface area (Å²) in [4.78, 5) is 11.5. The Kier molecular flexibility index (Phi) is 3.13. The van der Waals surface area contributed by atoms with Crippen molar-refractivity contribution in [3.63, 3.8) is 0 Å². The number of ether oxygens (including phenoxy) is 1. The van der Waals surface area contributed by atoms with Crippen LogP contribution >= 0.6 is 0 Å². The van der Waals surface area contributed by atoms with Crippen molar-refractivity contribution < 1.29 is 9.53 Å². The molecule has 16 heavy (non-hydrogen) atoms. The van der Waals surface area contributed by atoms with Crippen LogP contribution < -0.4 is 5.32 Å². The van der Waals surface area contributed by atoms with E-state index in [9.17, 15) is 4.79 Å². The highest BCUT2D eigenvalue weighted by molar-refractivity contribution is 5.77. The molecule has 0 aromatic heterocycles. The summed E-state index contributed by atoms with van der Waals surface area (Å²) in [5.74, 6) is 0.399. The quantitative estimate of drug-likeness (QED) is 0.790. The fourth-order valence-corrected chi connectivity index (χ4v) is 1.97. The third-order valence-electron chi connectivity index (χ3n) is 3.01. The standard InChI is InChI=1S/C13H17NO2/c1-3-16-13(15)12-8-11(12)9-4-6-10(14-2)7-5-9/h4-7,11-12,14H,3,8H2,1-2H3. The molecule has 1 aromatic carbocycles. The SMILES string of the molecule is CCOC(=O)C1CC1c1ccc(NC)cc1. The van der Waals surface area contributed by atoms with Crippen molar-refractivity contribution in [2.45, 2.75) is 19.3 Å². The van der Waals surface area contributed by atoms with Gasteiger partial charge in [0.25, 0.3) is 0 Å². The topological polar surface area (TPSA) is 38.3 Å². The van der Waals surface area contributed by atoms with Crippen LogP contribution in [0.5, 0.6) is 0 Å². The fraction of sp³-hybridized carbons (Fsp3) is 0.462. The second-order valence-electron chi connectivity index (χ2n) is 4.07. The smallest absolute Gasteiger partial charge is 0.309 e. The average Bonchev–Trinajstić information content (AvgIpc) is 3.09. The summed E-state index contributed by atoms with van der Waals surface area (Å²) in [6.45, 7) is 2.32. The Morgan fingerprint density at radius 3 is 2.69 bits per heavy atom. The van der Waals surface area contributed by atoms with Crippen molar-refractivity contribution in [3.8, 4) is 0 Å². The van der Waals surface area contributed by atoms with Crippen LogP contribution in [0.2, 0.25) is 0 Å². The molecule has 1 aliphatic carbocycles. The largest absolute Gasteiger partial charge is 0.466 e. The lowest BCUT2D eigenvalue weighted by Gasteiger charge is -2.03. The Balaban J connectivity index is 1.97. The van der Waals surface area contributed by atoms with Gasteiger partial charge in [-0.3, -0.25) is 4.79 Å². The van der Waals surface area contributed by atoms with Gasteiger partial charge in [0.1, 0.15) is 0 Å². The van der Waals surface area contributed by atoms with Crippen molar-refractivity contribution >= 4 is 11.7 Å². The lowest BCUT2D eigenvalue weighted by molar-refractivity contribution is -0.144. The highest BCUT2D eigenvalue weighted by atomic mass is 16.5. The van der Waals surface area contributed by atoms with Crippen LogP contribution in [0.25, 0.3) is 0 Å². The third kappa shape index (κ3) is 2.18. The van der Waals surface area contributed by atoms with Gasteiger partial charge in [-0.25, -0.2) is 0 Å². The zero-order valence-corrected chi connectivity index (χ0v) is 9.69. The van der Waals surface area contributed by atoms with Crippen LogP contribution in [0.4, 0.5) is 5.69 Å². The highest BCUT2D eigenvalue weighted by Crippen LogP contribution is 2.48. The number of rotatable bonds is 4. The second-order valence-corrected chi connectivity index (χ2v) is 4.07. The maximum Gasteiger partial charge on any atom is 0.309 e. The first-order valence-electron chi connectivity index (χ1n) is 5.70. The molecule has 0 aliphatic heterocycles. The first kappa shape index (κ1) is 11.0. The molecule has 3 heteroatoms. The average molecular weight is 219 g/mol. The minimum absolute atomic E-state index is 0.0507. The van der Waals surface area contributed by atoms with Crippen molar-refractivity contribution in [2.75, 3.05) is 19.0 Å². The van der Waals surface area contributed by atoms with Gasteiger partial charge >= 0.3 is 5.97 Å². The van der Waals surface area contributed by atoms with Crippen LogP contribution in [-0.2, 0) is 9.53 Å². The number of carbonyl (C=O) groups excluding carboxylic acids is 1. The molecule has 2 rings (SSSR count). The van der Waals surface area contributed by atoms with Crippen LogP contribution in [0, 0.1) is 5.92 Å². The van der Waals surface area contributed by atoms with E-state index in [0.717, 1.165) is 12.1 Å². The van der Waals surface area contributed by atoms with Gasteiger partial charge in [0.05, 0.1) is 12.5 Å². The van der Waals surface area contributed by atoms with E-state index in [4.69, 9.17) is 4.74 Å². The first-order valence-corrected chi connectivity index (χ1v) is 5.70. The Morgan fingerprint density at radius 1 is 1.44 bits per heavy atom. The number of anilines is 1. The molecule has 2 atom stereocenters. The van der Waals surface area contributed by atoms with Gasteiger partial charge < -0.3 is 10.1 Å². The molecular weight excluding hydrogens is 202 g/mol. The second kappa shape index (κ2) is 4.56. The number of benzene rings is 1. The van der Waals surface area contributed by atoms with Crippen LogP contribution in [0.1, 0.15) is 24.8 Å². The minimum atomic E-state index is -0.0507. The van der Waals surface area contributed by atoms with Gasteiger partial charge in [-0.15, -0.1) is 0 Å². The van der Waals surface area contributed by atoms with E-state index in [1.54, 1.807) is 0 Å². The van der Waals surface area contributed by atoms with Crippen LogP contribution in [0.15, 0.2) is 24.3 Å². The maximum atomic E-state index is 11.5. The fourth-order valence-electron chi connectivity index (χ4n) is 1.97. The molecule has 3 nitrogen and oxygen atoms in total. The van der Waals surface area contributed by atoms with Gasteiger partial charge in [-0.1, -0.05) is 12.1 Å². The van der Waals surface area contributed by atoms with E-state index in [2.05, 4.69) is 17.4 Å². The third-order valence-corrected chi connectivity index (χ3v) is 3.01. The normalized spacial score (nSPS) is 22.6. The summed E-state index contributed by atoms with van der Waals surface area (Å²) in [5.41, 5.74) is 2.33. The summed E-state index contributed by atoms with van der Waals surface area (Å²) in [6, 6.07) is 8.23. The lowest BCUT2D eigenvalue weighted by atomic mass is 10.1. The molecule has 0 bridgehead atoms. The van der Waals surface area contributed by atoms with Gasteiger partial charge in [-0.05, 0) is 37.0 Å². The molecule has 0 spiro atoms. The molecule has 86 valence electrons. The Labute approximate surface area is 95.8 Å². The van der Waals surface area contributed by atoms with Crippen molar-refractivity contribution in [3.05, 3.63) is 29.8 Å². The Bertz CT molecular complexity index is 372. The molecule has 1 N–H and O–H groups in total. The van der Waals surface area contributed by atoms with Gasteiger partial charge in [0.15, 0.2) is 0 Å². The molecule has 1 aliphatic rings. The zero-order chi connectivity index (χ0) is 11.5. The number of hydrogen-bond donors (Lipinski definition) is 1. The van der Waals surface area contributed by atoms with E-state index < -0.39 is 0 Å². The predicted molar refractivity (Wildman–Crippen MR) is 63.5 cm³/mol. The molecular formula is C13H17NO2. The van der Waals surface area contributed by atoms with Crippen molar-refractivity contribution in [1.82, 2.24) is 0 Å². The minimum Gasteiger partial charge on any atom is -0.466 e. The number of hydrogen-bond acceptors (Lipinski definition) is 3.